The molecule has 0 radical (unpaired) electrons. The van der Waals surface area contributed by atoms with Gasteiger partial charge in [-0.1, -0.05) is 0 Å². The first-order valence-electron chi connectivity index (χ1n) is 7.13. The molecule has 3 rings (SSSR count). The first kappa shape index (κ1) is 15.5. The van der Waals surface area contributed by atoms with Crippen molar-refractivity contribution in [1.82, 2.24) is 14.4 Å². The molecule has 3 aromatic heterocycles. The van der Waals surface area contributed by atoms with Crippen LogP contribution in [0.2, 0.25) is 0 Å². The van der Waals surface area contributed by atoms with Gasteiger partial charge in [0, 0.05) is 16.9 Å². The third-order valence-corrected chi connectivity index (χ3v) is 3.74. The van der Waals surface area contributed by atoms with E-state index >= 15 is 0 Å². The zero-order valence-electron chi connectivity index (χ0n) is 12.7. The number of imidazole rings is 1. The van der Waals surface area contributed by atoms with Crippen molar-refractivity contribution in [2.75, 3.05) is 11.9 Å². The molecule has 118 valence electrons. The van der Waals surface area contributed by atoms with Gasteiger partial charge in [0.2, 0.25) is 0 Å². The van der Waals surface area contributed by atoms with Crippen molar-refractivity contribution in [2.45, 2.75) is 13.8 Å². The molecule has 0 aliphatic rings. The van der Waals surface area contributed by atoms with Gasteiger partial charge in [0.15, 0.2) is 11.4 Å². The third-order valence-electron chi connectivity index (χ3n) is 3.27. The summed E-state index contributed by atoms with van der Waals surface area (Å²) in [6.07, 6.45) is 3.42. The van der Waals surface area contributed by atoms with Gasteiger partial charge in [0.1, 0.15) is 11.5 Å². The van der Waals surface area contributed by atoms with Gasteiger partial charge in [-0.25, -0.2) is 9.97 Å². The predicted octanol–water partition coefficient (Wildman–Crippen LogP) is 3.45. The lowest BCUT2D eigenvalue weighted by atomic mass is 10.3. The number of fused-ring (bicyclic) bond motifs is 1. The number of rotatable bonds is 4. The Balaban J connectivity index is 1.98. The van der Waals surface area contributed by atoms with Crippen LogP contribution in [0.3, 0.4) is 0 Å². The minimum absolute atomic E-state index is 0.265. The summed E-state index contributed by atoms with van der Waals surface area (Å²) >= 11 is 3.31. The number of hydrogen-bond donors (Lipinski definition) is 1. The van der Waals surface area contributed by atoms with Crippen molar-refractivity contribution < 1.29 is 9.53 Å². The average molecular weight is 375 g/mol. The van der Waals surface area contributed by atoms with Crippen LogP contribution in [-0.4, -0.2) is 26.9 Å². The number of pyridine rings is 2. The van der Waals surface area contributed by atoms with Gasteiger partial charge >= 0.3 is 0 Å². The molecule has 7 heteroatoms. The second-order valence-corrected chi connectivity index (χ2v) is 5.78. The Morgan fingerprint density at radius 2 is 2.22 bits per heavy atom. The summed E-state index contributed by atoms with van der Waals surface area (Å²) in [6, 6.07) is 7.21. The van der Waals surface area contributed by atoms with E-state index < -0.39 is 0 Å². The second kappa shape index (κ2) is 6.37. The number of carbonyl (C=O) groups is 1. The Hall–Kier alpha value is -2.41. The molecule has 1 amide bonds. The number of aromatic nitrogens is 3. The van der Waals surface area contributed by atoms with E-state index in [1.165, 1.54) is 0 Å². The Kier molecular flexibility index (Phi) is 4.29. The van der Waals surface area contributed by atoms with Crippen LogP contribution in [0.1, 0.15) is 23.1 Å². The van der Waals surface area contributed by atoms with Gasteiger partial charge in [-0.3, -0.25) is 9.20 Å². The molecule has 0 bridgehead atoms. The Bertz CT molecular complexity index is 858. The van der Waals surface area contributed by atoms with E-state index in [9.17, 15) is 4.79 Å². The maximum Gasteiger partial charge on any atom is 0.275 e. The van der Waals surface area contributed by atoms with Gasteiger partial charge in [-0.2, -0.15) is 0 Å². The van der Waals surface area contributed by atoms with E-state index in [4.69, 9.17) is 4.74 Å². The summed E-state index contributed by atoms with van der Waals surface area (Å²) in [5.41, 5.74) is 1.72. The summed E-state index contributed by atoms with van der Waals surface area (Å²) in [5.74, 6) is 0.867. The fourth-order valence-electron chi connectivity index (χ4n) is 2.32. The lowest BCUT2D eigenvalue weighted by Gasteiger charge is -2.07. The van der Waals surface area contributed by atoms with E-state index in [0.29, 0.717) is 35.2 Å². The van der Waals surface area contributed by atoms with Crippen LogP contribution >= 0.6 is 15.9 Å². The Morgan fingerprint density at radius 1 is 1.39 bits per heavy atom. The number of carbonyl (C=O) groups excluding carboxylic acids is 1. The fourth-order valence-corrected chi connectivity index (χ4v) is 2.56. The molecule has 3 aromatic rings. The molecule has 0 aliphatic carbocycles. The quantitative estimate of drug-likeness (QED) is 0.759. The number of amides is 1. The highest BCUT2D eigenvalue weighted by Crippen LogP contribution is 2.22. The molecule has 23 heavy (non-hydrogen) atoms. The molecule has 3 heterocycles. The molecule has 0 atom stereocenters. The van der Waals surface area contributed by atoms with Crippen molar-refractivity contribution in [1.29, 1.82) is 0 Å². The maximum atomic E-state index is 12.6. The highest BCUT2D eigenvalue weighted by molar-refractivity contribution is 9.10. The molecule has 0 aromatic carbocycles. The summed E-state index contributed by atoms with van der Waals surface area (Å²) in [7, 11) is 0. The molecule has 0 fully saturated rings. The highest BCUT2D eigenvalue weighted by Gasteiger charge is 2.19. The number of aryl methyl sites for hydroxylation is 1. The molecule has 1 N–H and O–H groups in total. The lowest BCUT2D eigenvalue weighted by molar-refractivity contribution is 0.102. The smallest absolute Gasteiger partial charge is 0.275 e. The van der Waals surface area contributed by atoms with Crippen LogP contribution in [0.4, 0.5) is 5.82 Å². The first-order valence-corrected chi connectivity index (χ1v) is 7.93. The minimum Gasteiger partial charge on any atom is -0.490 e. The number of ether oxygens (including phenoxy) is 1. The number of hydrogen-bond acceptors (Lipinski definition) is 4. The summed E-state index contributed by atoms with van der Waals surface area (Å²) in [4.78, 5) is 21.2. The molecule has 0 saturated heterocycles. The normalized spacial score (nSPS) is 10.7. The van der Waals surface area contributed by atoms with E-state index in [1.54, 1.807) is 29.8 Å². The zero-order chi connectivity index (χ0) is 16.4. The van der Waals surface area contributed by atoms with E-state index in [2.05, 4.69) is 31.2 Å². The number of nitrogens with one attached hydrogen (secondary N) is 1. The van der Waals surface area contributed by atoms with Crippen molar-refractivity contribution in [3.05, 3.63) is 52.5 Å². The van der Waals surface area contributed by atoms with Gasteiger partial charge in [-0.05, 0) is 54.0 Å². The Labute approximate surface area is 141 Å². The number of nitrogens with zero attached hydrogens (tertiary/aromatic N) is 3. The minimum atomic E-state index is -0.265. The van der Waals surface area contributed by atoms with Crippen LogP contribution < -0.4 is 10.1 Å². The van der Waals surface area contributed by atoms with Gasteiger partial charge in [-0.15, -0.1) is 0 Å². The zero-order valence-corrected chi connectivity index (χ0v) is 14.3. The third kappa shape index (κ3) is 3.05. The SMILES string of the molecule is CCOc1cccn2c(C(=O)Nc3ccc(Br)cn3)c(C)nc12. The van der Waals surface area contributed by atoms with E-state index in [0.717, 1.165) is 4.47 Å². The molecule has 0 spiro atoms. The van der Waals surface area contributed by atoms with Crippen LogP contribution in [0.15, 0.2) is 41.1 Å². The van der Waals surface area contributed by atoms with Gasteiger partial charge < -0.3 is 10.1 Å². The molecule has 0 unspecified atom stereocenters. The maximum absolute atomic E-state index is 12.6. The predicted molar refractivity (Wildman–Crippen MR) is 91.0 cm³/mol. The van der Waals surface area contributed by atoms with Crippen LogP contribution in [0.25, 0.3) is 5.65 Å². The number of anilines is 1. The van der Waals surface area contributed by atoms with Crippen molar-refractivity contribution in [2.24, 2.45) is 0 Å². The summed E-state index contributed by atoms with van der Waals surface area (Å²) in [6.45, 7) is 4.24. The topological polar surface area (TPSA) is 68.5 Å². The monoisotopic (exact) mass is 374 g/mol. The number of halogens is 1. The molecule has 0 aliphatic heterocycles. The molecule has 6 nitrogen and oxygen atoms in total. The second-order valence-electron chi connectivity index (χ2n) is 4.86. The Morgan fingerprint density at radius 3 is 2.91 bits per heavy atom. The molecular formula is C16H15BrN4O2. The van der Waals surface area contributed by atoms with Gasteiger partial charge in [0.05, 0.1) is 12.3 Å². The molecule has 0 saturated carbocycles. The highest BCUT2D eigenvalue weighted by atomic mass is 79.9. The fraction of sp³-hybridized carbons (Fsp3) is 0.188. The van der Waals surface area contributed by atoms with Gasteiger partial charge in [0.25, 0.3) is 5.91 Å². The first-order chi connectivity index (χ1) is 11.1. The lowest BCUT2D eigenvalue weighted by Crippen LogP contribution is -2.16. The van der Waals surface area contributed by atoms with Crippen molar-refractivity contribution in [3.63, 3.8) is 0 Å². The van der Waals surface area contributed by atoms with Crippen LogP contribution in [-0.2, 0) is 0 Å². The molecular weight excluding hydrogens is 360 g/mol. The van der Waals surface area contributed by atoms with Crippen molar-refractivity contribution >= 4 is 33.3 Å². The standard InChI is InChI=1S/C16H15BrN4O2/c1-3-23-12-5-4-8-21-14(10(2)19-15(12)21)16(22)20-13-7-6-11(17)9-18-13/h4-9H,3H2,1-2H3,(H,18,20,22). The van der Waals surface area contributed by atoms with Crippen LogP contribution in [0, 0.1) is 6.92 Å². The van der Waals surface area contributed by atoms with Crippen LogP contribution in [0.5, 0.6) is 5.75 Å². The summed E-state index contributed by atoms with van der Waals surface area (Å²) < 4.78 is 8.15. The van der Waals surface area contributed by atoms with Crippen molar-refractivity contribution in [3.8, 4) is 5.75 Å². The van der Waals surface area contributed by atoms with E-state index in [-0.39, 0.29) is 5.91 Å². The largest absolute Gasteiger partial charge is 0.490 e. The summed E-state index contributed by atoms with van der Waals surface area (Å²) in [5, 5.41) is 2.78. The average Bonchev–Trinajstić information content (AvgIpc) is 2.87. The van der Waals surface area contributed by atoms with E-state index in [1.807, 2.05) is 25.1 Å².